The molecule has 0 saturated heterocycles. The Labute approximate surface area is 80.4 Å². The van der Waals surface area contributed by atoms with Crippen molar-refractivity contribution in [1.29, 1.82) is 0 Å². The van der Waals surface area contributed by atoms with E-state index in [9.17, 15) is 8.78 Å². The molecule has 0 aliphatic carbocycles. The lowest BCUT2D eigenvalue weighted by molar-refractivity contribution is 0.343. The Morgan fingerprint density at radius 3 is 2.71 bits per heavy atom. The minimum atomic E-state index is -0.716. The summed E-state index contributed by atoms with van der Waals surface area (Å²) in [4.78, 5) is 0. The van der Waals surface area contributed by atoms with Gasteiger partial charge < -0.3 is 9.84 Å². The van der Waals surface area contributed by atoms with Gasteiger partial charge in [-0.05, 0) is 0 Å². The molecule has 1 N–H and O–H groups in total. The maximum Gasteiger partial charge on any atom is 0.137 e. The summed E-state index contributed by atoms with van der Waals surface area (Å²) in [5.41, 5.74) is 0.128. The normalized spacial score (nSPS) is 10.9. The first-order valence-electron chi connectivity index (χ1n) is 3.99. The third kappa shape index (κ3) is 2.29. The SMILES string of the molecule is COc1cc(F)cc(F)c1/C=C/CO. The molecule has 2 nitrogen and oxygen atoms in total. The van der Waals surface area contributed by atoms with Crippen LogP contribution in [0.1, 0.15) is 5.56 Å². The number of halogens is 2. The highest BCUT2D eigenvalue weighted by atomic mass is 19.1. The lowest BCUT2D eigenvalue weighted by Crippen LogP contribution is -1.93. The zero-order chi connectivity index (χ0) is 10.6. The van der Waals surface area contributed by atoms with Crippen LogP contribution in [-0.2, 0) is 0 Å². The van der Waals surface area contributed by atoms with Crippen LogP contribution >= 0.6 is 0 Å². The summed E-state index contributed by atoms with van der Waals surface area (Å²) in [7, 11) is 1.32. The minimum absolute atomic E-state index is 0.104. The highest BCUT2D eigenvalue weighted by Gasteiger charge is 2.08. The lowest BCUT2D eigenvalue weighted by atomic mass is 10.1. The van der Waals surface area contributed by atoms with E-state index in [4.69, 9.17) is 9.84 Å². The molecule has 0 aliphatic rings. The fraction of sp³-hybridized carbons (Fsp3) is 0.200. The molecule has 0 unspecified atom stereocenters. The molecular formula is C10H10F2O2. The fourth-order valence-corrected chi connectivity index (χ4v) is 1.06. The highest BCUT2D eigenvalue weighted by molar-refractivity contribution is 5.58. The Balaban J connectivity index is 3.18. The Morgan fingerprint density at radius 2 is 2.14 bits per heavy atom. The van der Waals surface area contributed by atoms with Crippen molar-refractivity contribution in [2.24, 2.45) is 0 Å². The molecule has 1 rings (SSSR count). The maximum absolute atomic E-state index is 13.2. The van der Waals surface area contributed by atoms with Crippen LogP contribution in [0.4, 0.5) is 8.78 Å². The van der Waals surface area contributed by atoms with Gasteiger partial charge in [0.25, 0.3) is 0 Å². The molecule has 0 amide bonds. The first-order chi connectivity index (χ1) is 6.69. The van der Waals surface area contributed by atoms with Gasteiger partial charge in [-0.25, -0.2) is 8.78 Å². The number of hydrogen-bond acceptors (Lipinski definition) is 2. The predicted molar refractivity (Wildman–Crippen MR) is 49.0 cm³/mol. The van der Waals surface area contributed by atoms with Crippen LogP contribution in [0.2, 0.25) is 0 Å². The number of rotatable bonds is 3. The van der Waals surface area contributed by atoms with Gasteiger partial charge in [-0.15, -0.1) is 0 Å². The van der Waals surface area contributed by atoms with Crippen molar-refractivity contribution >= 4 is 6.08 Å². The van der Waals surface area contributed by atoms with Crippen LogP contribution in [0, 0.1) is 11.6 Å². The van der Waals surface area contributed by atoms with Gasteiger partial charge in [0.15, 0.2) is 0 Å². The molecule has 0 saturated carbocycles. The van der Waals surface area contributed by atoms with Crippen LogP contribution in [0.15, 0.2) is 18.2 Å². The number of ether oxygens (including phenoxy) is 1. The maximum atomic E-state index is 13.2. The molecule has 0 spiro atoms. The molecule has 0 aromatic heterocycles. The Kier molecular flexibility index (Phi) is 3.59. The number of aliphatic hydroxyl groups is 1. The van der Waals surface area contributed by atoms with E-state index in [1.54, 1.807) is 0 Å². The zero-order valence-corrected chi connectivity index (χ0v) is 7.63. The topological polar surface area (TPSA) is 29.5 Å². The molecule has 0 atom stereocenters. The monoisotopic (exact) mass is 200 g/mol. The van der Waals surface area contributed by atoms with E-state index in [2.05, 4.69) is 0 Å². The van der Waals surface area contributed by atoms with Gasteiger partial charge in [0.05, 0.1) is 19.3 Å². The highest BCUT2D eigenvalue weighted by Crippen LogP contribution is 2.24. The van der Waals surface area contributed by atoms with E-state index in [1.165, 1.54) is 19.3 Å². The van der Waals surface area contributed by atoms with Crippen molar-refractivity contribution < 1.29 is 18.6 Å². The smallest absolute Gasteiger partial charge is 0.137 e. The van der Waals surface area contributed by atoms with Gasteiger partial charge in [-0.3, -0.25) is 0 Å². The second kappa shape index (κ2) is 4.72. The molecule has 76 valence electrons. The summed E-state index contributed by atoms with van der Waals surface area (Å²) < 4.78 is 30.7. The summed E-state index contributed by atoms with van der Waals surface area (Å²) in [6.45, 7) is -0.208. The Hall–Kier alpha value is -1.42. The van der Waals surface area contributed by atoms with E-state index >= 15 is 0 Å². The third-order valence-corrected chi connectivity index (χ3v) is 1.67. The molecule has 0 fully saturated rings. The second-order valence-electron chi connectivity index (χ2n) is 2.59. The van der Waals surface area contributed by atoms with Crippen molar-refractivity contribution in [3.05, 3.63) is 35.4 Å². The zero-order valence-electron chi connectivity index (χ0n) is 7.63. The van der Waals surface area contributed by atoms with Crippen LogP contribution in [0.3, 0.4) is 0 Å². The van der Waals surface area contributed by atoms with E-state index in [0.29, 0.717) is 0 Å². The van der Waals surface area contributed by atoms with Gasteiger partial charge >= 0.3 is 0 Å². The first kappa shape index (κ1) is 10.7. The summed E-state index contributed by atoms with van der Waals surface area (Å²) in [6.07, 6.45) is 2.69. The summed E-state index contributed by atoms with van der Waals surface area (Å²) in [6, 6.07) is 1.85. The molecule has 4 heteroatoms. The largest absolute Gasteiger partial charge is 0.496 e. The molecule has 0 bridgehead atoms. The van der Waals surface area contributed by atoms with Gasteiger partial charge in [0.1, 0.15) is 17.4 Å². The van der Waals surface area contributed by atoms with Gasteiger partial charge in [0, 0.05) is 12.1 Å². The van der Waals surface area contributed by atoms with Gasteiger partial charge in [0.2, 0.25) is 0 Å². The standard InChI is InChI=1S/C10H10F2O2/c1-14-10-6-7(11)5-9(12)8(10)3-2-4-13/h2-3,5-6,13H,4H2,1H3/b3-2+. The summed E-state index contributed by atoms with van der Waals surface area (Å²) >= 11 is 0. The number of aliphatic hydroxyl groups excluding tert-OH is 1. The third-order valence-electron chi connectivity index (χ3n) is 1.67. The van der Waals surface area contributed by atoms with E-state index in [1.807, 2.05) is 0 Å². The van der Waals surface area contributed by atoms with Gasteiger partial charge in [-0.2, -0.15) is 0 Å². The van der Waals surface area contributed by atoms with Crippen LogP contribution in [0.5, 0.6) is 5.75 Å². The predicted octanol–water partition coefficient (Wildman–Crippen LogP) is 1.98. The van der Waals surface area contributed by atoms with Crippen molar-refractivity contribution in [2.75, 3.05) is 13.7 Å². The van der Waals surface area contributed by atoms with Crippen molar-refractivity contribution in [3.8, 4) is 5.75 Å². The van der Waals surface area contributed by atoms with Gasteiger partial charge in [-0.1, -0.05) is 12.2 Å². The molecule has 0 aliphatic heterocycles. The number of methoxy groups -OCH3 is 1. The summed E-state index contributed by atoms with van der Waals surface area (Å²) in [5.74, 6) is -1.31. The van der Waals surface area contributed by atoms with E-state index in [0.717, 1.165) is 12.1 Å². The van der Waals surface area contributed by atoms with Crippen LogP contribution < -0.4 is 4.74 Å². The minimum Gasteiger partial charge on any atom is -0.496 e. The fourth-order valence-electron chi connectivity index (χ4n) is 1.06. The average molecular weight is 200 g/mol. The molecule has 0 heterocycles. The number of hydrogen-bond donors (Lipinski definition) is 1. The molecule has 1 aromatic rings. The quantitative estimate of drug-likeness (QED) is 0.808. The van der Waals surface area contributed by atoms with Crippen molar-refractivity contribution in [2.45, 2.75) is 0 Å². The second-order valence-corrected chi connectivity index (χ2v) is 2.59. The number of benzene rings is 1. The first-order valence-corrected chi connectivity index (χ1v) is 3.99. The van der Waals surface area contributed by atoms with E-state index < -0.39 is 11.6 Å². The van der Waals surface area contributed by atoms with Crippen molar-refractivity contribution in [1.82, 2.24) is 0 Å². The average Bonchev–Trinajstić information content (AvgIpc) is 2.15. The Bertz CT molecular complexity index is 348. The Morgan fingerprint density at radius 1 is 1.43 bits per heavy atom. The van der Waals surface area contributed by atoms with Crippen LogP contribution in [0.25, 0.3) is 6.08 Å². The molecule has 14 heavy (non-hydrogen) atoms. The molecule has 1 aromatic carbocycles. The lowest BCUT2D eigenvalue weighted by Gasteiger charge is -2.05. The summed E-state index contributed by atoms with van der Waals surface area (Å²) in [5, 5.41) is 8.51. The molecular weight excluding hydrogens is 190 g/mol. The van der Waals surface area contributed by atoms with Crippen molar-refractivity contribution in [3.63, 3.8) is 0 Å². The van der Waals surface area contributed by atoms with Crippen LogP contribution in [-0.4, -0.2) is 18.8 Å². The van der Waals surface area contributed by atoms with E-state index in [-0.39, 0.29) is 17.9 Å². The molecule has 0 radical (unpaired) electrons.